The van der Waals surface area contributed by atoms with Crippen LogP contribution >= 0.6 is 0 Å². The summed E-state index contributed by atoms with van der Waals surface area (Å²) in [5, 5.41) is 21.3. The van der Waals surface area contributed by atoms with Crippen molar-refractivity contribution >= 4 is 0 Å². The van der Waals surface area contributed by atoms with Gasteiger partial charge in [0.25, 0.3) is 0 Å². The Morgan fingerprint density at radius 1 is 1.23 bits per heavy atom. The molecule has 1 aromatic rings. The van der Waals surface area contributed by atoms with Crippen molar-refractivity contribution in [2.75, 3.05) is 0 Å². The monoisotopic (exact) mass is 304 g/mol. The number of hydrogen-bond donors (Lipinski definition) is 2. The first-order chi connectivity index (χ1) is 10.4. The number of ether oxygens (including phenoxy) is 2. The van der Waals surface area contributed by atoms with Crippen LogP contribution in [0.15, 0.2) is 6.07 Å². The molecule has 3 aliphatic rings. The Morgan fingerprint density at radius 3 is 2.77 bits per heavy atom. The van der Waals surface area contributed by atoms with E-state index < -0.39 is 5.79 Å². The first-order valence-corrected chi connectivity index (χ1v) is 8.35. The highest BCUT2D eigenvalue weighted by Gasteiger charge is 2.54. The highest BCUT2D eigenvalue weighted by Crippen LogP contribution is 2.57. The molecule has 1 aromatic carbocycles. The van der Waals surface area contributed by atoms with Crippen LogP contribution in [-0.4, -0.2) is 22.1 Å². The van der Waals surface area contributed by atoms with Crippen LogP contribution in [0.3, 0.4) is 0 Å². The fourth-order valence-electron chi connectivity index (χ4n) is 4.55. The maximum atomic E-state index is 11.0. The minimum Gasteiger partial charge on any atom is -0.508 e. The quantitative estimate of drug-likeness (QED) is 0.770. The van der Waals surface area contributed by atoms with E-state index in [0.29, 0.717) is 12.2 Å². The molecule has 0 radical (unpaired) electrons. The van der Waals surface area contributed by atoms with Gasteiger partial charge in [-0.25, -0.2) is 0 Å². The zero-order valence-corrected chi connectivity index (χ0v) is 13.4. The smallest absolute Gasteiger partial charge is 0.213 e. The zero-order chi connectivity index (χ0) is 15.6. The van der Waals surface area contributed by atoms with E-state index in [1.165, 1.54) is 0 Å². The van der Waals surface area contributed by atoms with Gasteiger partial charge in [0.15, 0.2) is 0 Å². The molecule has 0 amide bonds. The Balaban J connectivity index is 1.95. The van der Waals surface area contributed by atoms with E-state index in [-0.39, 0.29) is 29.8 Å². The number of phenols is 1. The van der Waals surface area contributed by atoms with E-state index in [1.54, 1.807) is 6.07 Å². The van der Waals surface area contributed by atoms with Gasteiger partial charge in [-0.2, -0.15) is 0 Å². The third-order valence-electron chi connectivity index (χ3n) is 5.95. The second kappa shape index (κ2) is 4.62. The van der Waals surface area contributed by atoms with Crippen molar-refractivity contribution in [2.24, 2.45) is 5.92 Å². The summed E-state index contributed by atoms with van der Waals surface area (Å²) in [5.74, 6) is -0.134. The van der Waals surface area contributed by atoms with Gasteiger partial charge in [-0.05, 0) is 37.8 Å². The van der Waals surface area contributed by atoms with Crippen LogP contribution < -0.4 is 4.74 Å². The van der Waals surface area contributed by atoms with Gasteiger partial charge >= 0.3 is 0 Å². The summed E-state index contributed by atoms with van der Waals surface area (Å²) in [6.45, 7) is 6.16. The highest BCUT2D eigenvalue weighted by atomic mass is 16.6. The first-order valence-electron chi connectivity index (χ1n) is 8.35. The number of aliphatic hydroxyl groups is 1. The molecule has 0 spiro atoms. The Labute approximate surface area is 131 Å². The number of fused-ring (bicyclic) bond motifs is 2. The zero-order valence-electron chi connectivity index (χ0n) is 13.4. The number of aromatic hydroxyl groups is 1. The van der Waals surface area contributed by atoms with Crippen LogP contribution in [0.5, 0.6) is 11.5 Å². The van der Waals surface area contributed by atoms with E-state index in [2.05, 4.69) is 13.8 Å². The number of rotatable bonds is 0. The SMILES string of the molecule is Cc1c(O)cc2c3c1[C@H](C)[C@@H](C)O[C@H]3[C@H]1CCCC[C@@]1(O)O2. The van der Waals surface area contributed by atoms with Gasteiger partial charge in [0, 0.05) is 24.0 Å². The number of hydrogen-bond acceptors (Lipinski definition) is 4. The molecule has 2 N–H and O–H groups in total. The molecule has 0 unspecified atom stereocenters. The van der Waals surface area contributed by atoms with Crippen LogP contribution in [0.2, 0.25) is 0 Å². The molecule has 4 heteroatoms. The normalized spacial score (nSPS) is 39.6. The van der Waals surface area contributed by atoms with Gasteiger partial charge in [-0.1, -0.05) is 13.3 Å². The second-order valence-corrected chi connectivity index (χ2v) is 7.20. The van der Waals surface area contributed by atoms with Crippen LogP contribution in [0.4, 0.5) is 0 Å². The Morgan fingerprint density at radius 2 is 2.00 bits per heavy atom. The van der Waals surface area contributed by atoms with Crippen LogP contribution in [0.25, 0.3) is 0 Å². The van der Waals surface area contributed by atoms with Crippen molar-refractivity contribution in [1.82, 2.24) is 0 Å². The predicted molar refractivity (Wildman–Crippen MR) is 82.1 cm³/mol. The van der Waals surface area contributed by atoms with E-state index >= 15 is 0 Å². The van der Waals surface area contributed by atoms with Crippen molar-refractivity contribution in [3.63, 3.8) is 0 Å². The molecule has 4 rings (SSSR count). The van der Waals surface area contributed by atoms with Crippen LogP contribution in [-0.2, 0) is 4.74 Å². The maximum absolute atomic E-state index is 11.0. The van der Waals surface area contributed by atoms with Gasteiger partial charge in [0.05, 0.1) is 18.1 Å². The number of phenolic OH excluding ortho intramolecular Hbond substituents is 1. The molecule has 2 heterocycles. The van der Waals surface area contributed by atoms with E-state index in [9.17, 15) is 10.2 Å². The summed E-state index contributed by atoms with van der Waals surface area (Å²) in [5.41, 5.74) is 3.11. The predicted octanol–water partition coefficient (Wildman–Crippen LogP) is 3.54. The van der Waals surface area contributed by atoms with Gasteiger partial charge in [0.1, 0.15) is 11.5 Å². The molecular weight excluding hydrogens is 280 g/mol. The first kappa shape index (κ1) is 14.3. The van der Waals surface area contributed by atoms with Gasteiger partial charge in [0.2, 0.25) is 5.79 Å². The topological polar surface area (TPSA) is 58.9 Å². The molecule has 1 saturated carbocycles. The fourth-order valence-corrected chi connectivity index (χ4v) is 4.55. The summed E-state index contributed by atoms with van der Waals surface area (Å²) in [7, 11) is 0. The molecule has 4 nitrogen and oxygen atoms in total. The average molecular weight is 304 g/mol. The van der Waals surface area contributed by atoms with Crippen molar-refractivity contribution in [3.8, 4) is 11.5 Å². The van der Waals surface area contributed by atoms with E-state index in [1.807, 2.05) is 6.92 Å². The van der Waals surface area contributed by atoms with Gasteiger partial charge in [-0.15, -0.1) is 0 Å². The summed E-state index contributed by atoms with van der Waals surface area (Å²) in [4.78, 5) is 0. The highest BCUT2D eigenvalue weighted by molar-refractivity contribution is 5.56. The molecular formula is C18H24O4. The lowest BCUT2D eigenvalue weighted by Crippen LogP contribution is -2.53. The maximum Gasteiger partial charge on any atom is 0.213 e. The standard InChI is InChI=1S/C18H24O4/c1-9-11(3)21-17-12-6-4-5-7-18(12,20)22-14-8-13(19)10(2)15(9)16(14)17/h8-9,11-12,17,19-20H,4-7H2,1-3H3/t9-,11-,12-,17+,18-/m1/s1. The van der Waals surface area contributed by atoms with Crippen LogP contribution in [0, 0.1) is 12.8 Å². The summed E-state index contributed by atoms with van der Waals surface area (Å²) in [6.07, 6.45) is 3.55. The molecule has 120 valence electrons. The number of benzene rings is 1. The fraction of sp³-hybridized carbons (Fsp3) is 0.667. The van der Waals surface area contributed by atoms with Gasteiger partial charge in [-0.3, -0.25) is 0 Å². The molecule has 0 aromatic heterocycles. The molecule has 1 aliphatic carbocycles. The summed E-state index contributed by atoms with van der Waals surface area (Å²) >= 11 is 0. The van der Waals surface area contributed by atoms with Crippen molar-refractivity contribution in [2.45, 2.75) is 70.4 Å². The molecule has 2 aliphatic heterocycles. The molecule has 0 bridgehead atoms. The Bertz CT molecular complexity index is 626. The third-order valence-corrected chi connectivity index (χ3v) is 5.95. The minimum atomic E-state index is -1.16. The molecule has 5 atom stereocenters. The van der Waals surface area contributed by atoms with Crippen molar-refractivity contribution in [1.29, 1.82) is 0 Å². The summed E-state index contributed by atoms with van der Waals surface area (Å²) in [6, 6.07) is 1.65. The van der Waals surface area contributed by atoms with Gasteiger partial charge < -0.3 is 19.7 Å². The third kappa shape index (κ3) is 1.77. The largest absolute Gasteiger partial charge is 0.508 e. The molecule has 0 saturated heterocycles. The van der Waals surface area contributed by atoms with Crippen LogP contribution in [0.1, 0.15) is 68.2 Å². The lowest BCUT2D eigenvalue weighted by molar-refractivity contribution is -0.248. The lowest BCUT2D eigenvalue weighted by Gasteiger charge is -2.51. The average Bonchev–Trinajstić information content (AvgIpc) is 2.47. The summed E-state index contributed by atoms with van der Waals surface area (Å²) < 4.78 is 12.3. The Kier molecular flexibility index (Phi) is 3.01. The second-order valence-electron chi connectivity index (χ2n) is 7.20. The minimum absolute atomic E-state index is 0.0219. The molecule has 1 fully saturated rings. The Hall–Kier alpha value is -1.26. The van der Waals surface area contributed by atoms with E-state index in [0.717, 1.165) is 36.0 Å². The molecule has 22 heavy (non-hydrogen) atoms. The lowest BCUT2D eigenvalue weighted by atomic mass is 9.71. The van der Waals surface area contributed by atoms with Crippen molar-refractivity contribution in [3.05, 3.63) is 22.8 Å². The van der Waals surface area contributed by atoms with Crippen molar-refractivity contribution < 1.29 is 19.7 Å². The van der Waals surface area contributed by atoms with E-state index in [4.69, 9.17) is 9.47 Å².